The zero-order valence-electron chi connectivity index (χ0n) is 23.0. The van der Waals surface area contributed by atoms with E-state index in [0.29, 0.717) is 16.2 Å². The summed E-state index contributed by atoms with van der Waals surface area (Å²) < 4.78 is 11.6. The zero-order valence-corrected chi connectivity index (χ0v) is 24.6. The molecule has 1 fully saturated rings. The molecule has 4 rings (SSSR count). The van der Waals surface area contributed by atoms with Crippen molar-refractivity contribution in [1.29, 1.82) is 0 Å². The second kappa shape index (κ2) is 13.4. The molecule has 0 aliphatic carbocycles. The number of hydrogen-bond acceptors (Lipinski definition) is 7. The number of carboxylic acid groups (broad SMARTS) is 2. The van der Waals surface area contributed by atoms with E-state index in [1.807, 2.05) is 25.1 Å². The fourth-order valence-corrected chi connectivity index (χ4v) is 6.29. The van der Waals surface area contributed by atoms with E-state index in [1.165, 1.54) is 0 Å². The number of thiophene rings is 1. The molecule has 9 nitrogen and oxygen atoms in total. The fraction of sp³-hybridized carbons (Fsp3) is 0.367. The maximum absolute atomic E-state index is 13.8. The SMILES string of the molecule is Cc1cccc(C(C)C)c1NC(=O)C(Oc1cccc(-c2sc(C(=O)O)c(OCC(=O)O)c2Cl)c1)C1CCNCC1. The molecule has 1 amide bonds. The third-order valence-corrected chi connectivity index (χ3v) is 8.63. The molecule has 218 valence electrons. The molecule has 1 aliphatic heterocycles. The van der Waals surface area contributed by atoms with Crippen molar-refractivity contribution in [2.24, 2.45) is 5.92 Å². The van der Waals surface area contributed by atoms with E-state index in [0.717, 1.165) is 54.1 Å². The Morgan fingerprint density at radius 3 is 2.49 bits per heavy atom. The summed E-state index contributed by atoms with van der Waals surface area (Å²) in [6, 6.07) is 12.9. The van der Waals surface area contributed by atoms with E-state index < -0.39 is 24.6 Å². The number of para-hydroxylation sites is 1. The predicted molar refractivity (Wildman–Crippen MR) is 159 cm³/mol. The number of carboxylic acids is 2. The first-order valence-electron chi connectivity index (χ1n) is 13.3. The number of ether oxygens (including phenoxy) is 2. The van der Waals surface area contributed by atoms with Gasteiger partial charge in [-0.05, 0) is 67.6 Å². The minimum absolute atomic E-state index is 0.000726. The molecule has 0 radical (unpaired) electrons. The van der Waals surface area contributed by atoms with Gasteiger partial charge < -0.3 is 30.3 Å². The quantitative estimate of drug-likeness (QED) is 0.209. The van der Waals surface area contributed by atoms with E-state index in [9.17, 15) is 19.5 Å². The van der Waals surface area contributed by atoms with Gasteiger partial charge in [0.15, 0.2) is 23.3 Å². The molecule has 1 unspecified atom stereocenters. The molecule has 2 heterocycles. The Kier molecular flexibility index (Phi) is 9.90. The van der Waals surface area contributed by atoms with Gasteiger partial charge in [-0.1, -0.05) is 55.8 Å². The minimum atomic E-state index is -1.28. The first kappa shape index (κ1) is 30.4. The Labute approximate surface area is 247 Å². The lowest BCUT2D eigenvalue weighted by atomic mass is 9.91. The number of carbonyl (C=O) groups is 3. The lowest BCUT2D eigenvalue weighted by Crippen LogP contribution is -2.44. The normalized spacial score (nSPS) is 14.5. The molecule has 1 saturated heterocycles. The van der Waals surface area contributed by atoms with Crippen molar-refractivity contribution < 1.29 is 34.1 Å². The number of aliphatic carboxylic acids is 1. The molecule has 3 aromatic rings. The standard InChI is InChI=1S/C30H33ClN2O7S/c1-16(2)21-9-4-6-17(3)24(21)33-29(36)25(18-10-12-32-13-11-18)40-20-8-5-7-19(14-20)27-23(31)26(39-15-22(34)35)28(41-27)30(37)38/h4-9,14,16,18,25,32H,10-13,15H2,1-3H3,(H,33,36)(H,34,35)(H,37,38). The molecule has 0 saturated carbocycles. The Morgan fingerprint density at radius 1 is 1.12 bits per heavy atom. The molecule has 41 heavy (non-hydrogen) atoms. The predicted octanol–water partition coefficient (Wildman–Crippen LogP) is 6.05. The number of rotatable bonds is 11. The van der Waals surface area contributed by atoms with Crippen LogP contribution in [-0.2, 0) is 9.59 Å². The highest BCUT2D eigenvalue weighted by Gasteiger charge is 2.33. The Balaban J connectivity index is 1.65. The molecule has 1 atom stereocenters. The van der Waals surface area contributed by atoms with Gasteiger partial charge >= 0.3 is 11.9 Å². The van der Waals surface area contributed by atoms with Crippen LogP contribution in [0.4, 0.5) is 5.69 Å². The van der Waals surface area contributed by atoms with Gasteiger partial charge in [0, 0.05) is 11.6 Å². The maximum atomic E-state index is 13.8. The van der Waals surface area contributed by atoms with Crippen LogP contribution < -0.4 is 20.1 Å². The van der Waals surface area contributed by atoms with E-state index in [2.05, 4.69) is 24.5 Å². The molecule has 4 N–H and O–H groups in total. The van der Waals surface area contributed by atoms with Gasteiger partial charge in [0.25, 0.3) is 5.91 Å². The van der Waals surface area contributed by atoms with Crippen molar-refractivity contribution in [3.05, 3.63) is 63.5 Å². The number of carbonyl (C=O) groups excluding carboxylic acids is 1. The van der Waals surface area contributed by atoms with Crippen LogP contribution in [0.15, 0.2) is 42.5 Å². The zero-order chi connectivity index (χ0) is 29.7. The summed E-state index contributed by atoms with van der Waals surface area (Å²) >= 11 is 7.36. The average molecular weight is 601 g/mol. The van der Waals surface area contributed by atoms with Gasteiger partial charge in [-0.15, -0.1) is 11.3 Å². The highest BCUT2D eigenvalue weighted by Crippen LogP contribution is 2.46. The van der Waals surface area contributed by atoms with Crippen LogP contribution in [0, 0.1) is 12.8 Å². The number of halogens is 1. The van der Waals surface area contributed by atoms with Crippen LogP contribution in [0.25, 0.3) is 10.4 Å². The summed E-state index contributed by atoms with van der Waals surface area (Å²) in [6.45, 7) is 6.96. The number of aryl methyl sites for hydroxylation is 1. The Hall–Kier alpha value is -3.60. The van der Waals surface area contributed by atoms with Crippen LogP contribution in [0.1, 0.15) is 53.4 Å². The number of benzene rings is 2. The van der Waals surface area contributed by atoms with Crippen LogP contribution in [0.5, 0.6) is 11.5 Å². The summed E-state index contributed by atoms with van der Waals surface area (Å²) in [4.78, 5) is 36.8. The average Bonchev–Trinajstić information content (AvgIpc) is 3.28. The summed E-state index contributed by atoms with van der Waals surface area (Å²) in [6.07, 6.45) is 0.770. The number of nitrogens with one attached hydrogen (secondary N) is 2. The Bertz CT molecular complexity index is 1430. The molecule has 2 aromatic carbocycles. The van der Waals surface area contributed by atoms with Crippen molar-refractivity contribution in [3.8, 4) is 21.9 Å². The minimum Gasteiger partial charge on any atom is -0.480 e. The van der Waals surface area contributed by atoms with Crippen LogP contribution >= 0.6 is 22.9 Å². The number of amides is 1. The second-order valence-electron chi connectivity index (χ2n) is 10.2. The van der Waals surface area contributed by atoms with Gasteiger partial charge in [0.1, 0.15) is 10.8 Å². The molecule has 1 aliphatic rings. The molecular weight excluding hydrogens is 568 g/mol. The third kappa shape index (κ3) is 7.19. The van der Waals surface area contributed by atoms with E-state index in [-0.39, 0.29) is 33.4 Å². The lowest BCUT2D eigenvalue weighted by Gasteiger charge is -2.31. The monoisotopic (exact) mass is 600 g/mol. The van der Waals surface area contributed by atoms with Crippen molar-refractivity contribution in [2.45, 2.75) is 45.6 Å². The lowest BCUT2D eigenvalue weighted by molar-refractivity contribution is -0.139. The Morgan fingerprint density at radius 2 is 1.83 bits per heavy atom. The molecule has 0 bridgehead atoms. The summed E-state index contributed by atoms with van der Waals surface area (Å²) in [5.41, 5.74) is 3.37. The second-order valence-corrected chi connectivity index (χ2v) is 11.6. The van der Waals surface area contributed by atoms with Crippen LogP contribution in [0.3, 0.4) is 0 Å². The first-order chi connectivity index (χ1) is 19.6. The number of piperidine rings is 1. The molecule has 0 spiro atoms. The fourth-order valence-electron chi connectivity index (χ4n) is 4.89. The summed E-state index contributed by atoms with van der Waals surface area (Å²) in [5, 5.41) is 25.1. The van der Waals surface area contributed by atoms with Crippen LogP contribution in [-0.4, -0.2) is 53.9 Å². The number of anilines is 1. The molecule has 1 aromatic heterocycles. The van der Waals surface area contributed by atoms with Crippen molar-refractivity contribution in [3.63, 3.8) is 0 Å². The highest BCUT2D eigenvalue weighted by atomic mass is 35.5. The first-order valence-corrected chi connectivity index (χ1v) is 14.5. The van der Waals surface area contributed by atoms with Gasteiger partial charge in [0.05, 0.1) is 4.88 Å². The van der Waals surface area contributed by atoms with Gasteiger partial charge in [-0.3, -0.25) is 4.79 Å². The third-order valence-electron chi connectivity index (χ3n) is 6.95. The smallest absolute Gasteiger partial charge is 0.349 e. The summed E-state index contributed by atoms with van der Waals surface area (Å²) in [7, 11) is 0. The van der Waals surface area contributed by atoms with Gasteiger partial charge in [-0.25, -0.2) is 9.59 Å². The van der Waals surface area contributed by atoms with E-state index in [4.69, 9.17) is 26.2 Å². The molecular formula is C30H33ClN2O7S. The van der Waals surface area contributed by atoms with Crippen molar-refractivity contribution in [1.82, 2.24) is 5.32 Å². The topological polar surface area (TPSA) is 134 Å². The van der Waals surface area contributed by atoms with Gasteiger partial charge in [0.2, 0.25) is 0 Å². The van der Waals surface area contributed by atoms with E-state index >= 15 is 0 Å². The maximum Gasteiger partial charge on any atom is 0.349 e. The van der Waals surface area contributed by atoms with Gasteiger partial charge in [-0.2, -0.15) is 0 Å². The summed E-state index contributed by atoms with van der Waals surface area (Å²) in [5.74, 6) is -2.35. The number of hydrogen-bond donors (Lipinski definition) is 4. The van der Waals surface area contributed by atoms with Crippen molar-refractivity contribution in [2.75, 3.05) is 25.0 Å². The number of aromatic carboxylic acids is 1. The highest BCUT2D eigenvalue weighted by molar-refractivity contribution is 7.18. The van der Waals surface area contributed by atoms with Crippen LogP contribution in [0.2, 0.25) is 5.02 Å². The van der Waals surface area contributed by atoms with Crippen molar-refractivity contribution >= 4 is 46.5 Å². The van der Waals surface area contributed by atoms with E-state index in [1.54, 1.807) is 24.3 Å². The largest absolute Gasteiger partial charge is 0.480 e. The molecule has 11 heteroatoms.